The lowest BCUT2D eigenvalue weighted by Gasteiger charge is -2.38. The Balaban J connectivity index is 1.18. The molecule has 7 aromatic rings. The van der Waals surface area contributed by atoms with E-state index >= 15 is 0 Å². The van der Waals surface area contributed by atoms with Crippen LogP contribution >= 0.6 is 0 Å². The number of aromatic nitrogens is 4. The van der Waals surface area contributed by atoms with Crippen LogP contribution in [-0.4, -0.2) is 31.6 Å². The molecule has 6 nitrogen and oxygen atoms in total. The van der Waals surface area contributed by atoms with Gasteiger partial charge in [-0.3, -0.25) is 0 Å². The lowest BCUT2D eigenvalue weighted by molar-refractivity contribution is 0.674. The molecule has 0 saturated carbocycles. The molecule has 4 unspecified atom stereocenters. The van der Waals surface area contributed by atoms with E-state index in [1.165, 1.54) is 50.0 Å². The molecule has 0 saturated heterocycles. The van der Waals surface area contributed by atoms with Crippen molar-refractivity contribution in [2.45, 2.75) is 37.8 Å². The van der Waals surface area contributed by atoms with Gasteiger partial charge < -0.3 is 14.4 Å². The van der Waals surface area contributed by atoms with Gasteiger partial charge in [0.2, 0.25) is 0 Å². The maximum absolute atomic E-state index is 5.39. The lowest BCUT2D eigenvalue weighted by atomic mass is 9.88. The van der Waals surface area contributed by atoms with E-state index in [4.69, 9.17) is 15.0 Å². The summed E-state index contributed by atoms with van der Waals surface area (Å²) >= 11 is 0. The molecule has 0 amide bonds. The van der Waals surface area contributed by atoms with E-state index in [9.17, 15) is 0 Å². The third-order valence-electron chi connectivity index (χ3n) is 13.8. The monoisotopic (exact) mass is 812 g/mol. The van der Waals surface area contributed by atoms with Gasteiger partial charge in [-0.15, -0.1) is 0 Å². The maximum atomic E-state index is 5.39. The lowest BCUT2D eigenvalue weighted by Crippen LogP contribution is -2.36. The quantitative estimate of drug-likeness (QED) is 0.167. The molecule has 0 fully saturated rings. The van der Waals surface area contributed by atoms with Gasteiger partial charge in [-0.1, -0.05) is 170 Å². The van der Waals surface area contributed by atoms with Crippen molar-refractivity contribution in [2.75, 3.05) is 9.80 Å². The van der Waals surface area contributed by atoms with Crippen molar-refractivity contribution in [2.24, 2.45) is 11.8 Å². The molecule has 6 aliphatic rings. The molecule has 63 heavy (non-hydrogen) atoms. The molecule has 0 spiro atoms. The van der Waals surface area contributed by atoms with Crippen LogP contribution in [0.1, 0.15) is 25.7 Å². The summed E-state index contributed by atoms with van der Waals surface area (Å²) in [5, 5.41) is 2.49. The molecule has 5 aromatic carbocycles. The summed E-state index contributed by atoms with van der Waals surface area (Å²) in [6.45, 7) is 0. The summed E-state index contributed by atoms with van der Waals surface area (Å²) in [7, 11) is 0. The Morgan fingerprint density at radius 1 is 0.444 bits per heavy atom. The fraction of sp³-hybridized carbons (Fsp3) is 0.140. The van der Waals surface area contributed by atoms with Crippen molar-refractivity contribution in [1.82, 2.24) is 19.5 Å². The normalized spacial score (nSPS) is 21.8. The highest BCUT2D eigenvalue weighted by molar-refractivity contribution is 6.10. The molecule has 2 aromatic heterocycles. The Hall–Kier alpha value is -7.57. The van der Waals surface area contributed by atoms with Gasteiger partial charge in [0.15, 0.2) is 17.5 Å². The average molecular weight is 813 g/mol. The zero-order valence-electron chi connectivity index (χ0n) is 34.8. The first-order valence-corrected chi connectivity index (χ1v) is 22.4. The molecule has 302 valence electrons. The van der Waals surface area contributed by atoms with E-state index in [0.717, 1.165) is 53.7 Å². The second kappa shape index (κ2) is 14.5. The fourth-order valence-corrected chi connectivity index (χ4v) is 11.1. The second-order valence-corrected chi connectivity index (χ2v) is 17.3. The molecule has 4 atom stereocenters. The Morgan fingerprint density at radius 3 is 1.37 bits per heavy atom. The molecular weight excluding hydrogens is 769 g/mol. The fourth-order valence-electron chi connectivity index (χ4n) is 11.1. The van der Waals surface area contributed by atoms with Gasteiger partial charge in [0.05, 0.1) is 40.2 Å². The summed E-state index contributed by atoms with van der Waals surface area (Å²) in [5.41, 5.74) is 14.3. The minimum atomic E-state index is 0.104. The molecule has 0 N–H and O–H groups in total. The molecule has 0 radical (unpaired) electrons. The van der Waals surface area contributed by atoms with Crippen LogP contribution in [0.25, 0.3) is 61.7 Å². The number of benzene rings is 5. The van der Waals surface area contributed by atoms with Gasteiger partial charge in [-0.2, -0.15) is 0 Å². The van der Waals surface area contributed by atoms with Crippen molar-refractivity contribution in [3.8, 4) is 39.9 Å². The predicted molar refractivity (Wildman–Crippen MR) is 257 cm³/mol. The topological polar surface area (TPSA) is 50.1 Å². The minimum Gasteiger partial charge on any atom is -0.335 e. The van der Waals surface area contributed by atoms with Crippen LogP contribution in [0, 0.1) is 11.8 Å². The SMILES string of the molecule is C1=CC2C3=C(CCC=C3)N(c3cc(-c4nc(-c5ccccc5)nc(-c5ccccc5)n4)cc(N4C5=C(C=CCC5)C5C=CC=CC54)c3-n3c4ccccc4c4ccccc43)C2C=C1. The number of rotatable bonds is 6. The standard InChI is InChI=1S/C57H44N6/c1-3-19-37(20-4-1)55-58-56(38-21-5-2-6-22-38)60-57(59-55)39-35-52(61-46-29-13-7-23-40(46)41-24-8-14-30-47(41)61)54(63-50-33-17-11-27-44(50)45-28-12-18-34-51(45)63)53(36-39)62-48-31-15-9-25-42(48)43-26-10-16-32-49(43)62/h1-13,15,17-29,31,33-36,40,42,46,48H,14,16,30,32H2. The number of fused-ring (bicyclic) bond motifs is 7. The van der Waals surface area contributed by atoms with E-state index in [2.05, 4.69) is 196 Å². The van der Waals surface area contributed by atoms with E-state index < -0.39 is 0 Å². The number of hydrogen-bond acceptors (Lipinski definition) is 5. The van der Waals surface area contributed by atoms with Crippen molar-refractivity contribution in [1.29, 1.82) is 0 Å². The second-order valence-electron chi connectivity index (χ2n) is 17.3. The van der Waals surface area contributed by atoms with Crippen molar-refractivity contribution in [3.63, 3.8) is 0 Å². The smallest absolute Gasteiger partial charge is 0.164 e. The first kappa shape index (κ1) is 36.1. The van der Waals surface area contributed by atoms with Crippen LogP contribution in [-0.2, 0) is 0 Å². The molecule has 4 heterocycles. The number of para-hydroxylation sites is 2. The number of hydrogen-bond donors (Lipinski definition) is 0. The van der Waals surface area contributed by atoms with E-state index in [-0.39, 0.29) is 23.9 Å². The predicted octanol–water partition coefficient (Wildman–Crippen LogP) is 13.0. The zero-order chi connectivity index (χ0) is 41.4. The molecule has 2 aliphatic heterocycles. The third-order valence-corrected chi connectivity index (χ3v) is 13.8. The average Bonchev–Trinajstić information content (AvgIpc) is 4.00. The van der Waals surface area contributed by atoms with Crippen molar-refractivity contribution >= 4 is 33.2 Å². The summed E-state index contributed by atoms with van der Waals surface area (Å²) in [6.07, 6.45) is 32.0. The van der Waals surface area contributed by atoms with Gasteiger partial charge >= 0.3 is 0 Å². The van der Waals surface area contributed by atoms with Crippen LogP contribution in [0.15, 0.2) is 217 Å². The van der Waals surface area contributed by atoms with E-state index in [1.54, 1.807) is 0 Å². The van der Waals surface area contributed by atoms with Crippen LogP contribution in [0.4, 0.5) is 11.4 Å². The van der Waals surface area contributed by atoms with E-state index in [1.807, 2.05) is 12.1 Å². The highest BCUT2D eigenvalue weighted by atomic mass is 15.3. The molecule has 13 rings (SSSR count). The summed E-state index contributed by atoms with van der Waals surface area (Å²) < 4.78 is 2.57. The largest absolute Gasteiger partial charge is 0.335 e. The van der Waals surface area contributed by atoms with Crippen molar-refractivity contribution < 1.29 is 0 Å². The Kier molecular flexibility index (Phi) is 8.33. The minimum absolute atomic E-state index is 0.104. The van der Waals surface area contributed by atoms with Crippen LogP contribution in [0.3, 0.4) is 0 Å². The van der Waals surface area contributed by atoms with Crippen molar-refractivity contribution in [3.05, 3.63) is 217 Å². The van der Waals surface area contributed by atoms with Gasteiger partial charge in [0, 0.05) is 50.7 Å². The van der Waals surface area contributed by atoms with Gasteiger partial charge in [0.1, 0.15) is 0 Å². The molecule has 6 heteroatoms. The van der Waals surface area contributed by atoms with Crippen LogP contribution < -0.4 is 9.80 Å². The Bertz CT molecular complexity index is 3060. The van der Waals surface area contributed by atoms with Crippen LogP contribution in [0.2, 0.25) is 0 Å². The molecule has 0 bridgehead atoms. The highest BCUT2D eigenvalue weighted by Crippen LogP contribution is 2.54. The maximum Gasteiger partial charge on any atom is 0.164 e. The van der Waals surface area contributed by atoms with E-state index in [0.29, 0.717) is 17.5 Å². The third kappa shape index (κ3) is 5.67. The molecular formula is C57H44N6. The Labute approximate surface area is 367 Å². The van der Waals surface area contributed by atoms with Gasteiger partial charge in [0.25, 0.3) is 0 Å². The Morgan fingerprint density at radius 2 is 0.873 bits per heavy atom. The summed E-state index contributed by atoms with van der Waals surface area (Å²) in [4.78, 5) is 21.3. The first-order valence-electron chi connectivity index (χ1n) is 22.4. The zero-order valence-corrected chi connectivity index (χ0v) is 34.8. The van der Waals surface area contributed by atoms with Gasteiger partial charge in [-0.05, 0) is 61.1 Å². The summed E-state index contributed by atoms with van der Waals surface area (Å²) in [5.74, 6) is 2.45. The number of allylic oxidation sites excluding steroid dienone is 10. The highest BCUT2D eigenvalue weighted by Gasteiger charge is 2.44. The number of nitrogens with zero attached hydrogens (tertiary/aromatic N) is 6. The number of anilines is 2. The molecule has 4 aliphatic carbocycles. The van der Waals surface area contributed by atoms with Crippen LogP contribution in [0.5, 0.6) is 0 Å². The van der Waals surface area contributed by atoms with Gasteiger partial charge in [-0.25, -0.2) is 15.0 Å². The summed E-state index contributed by atoms with van der Waals surface area (Å²) in [6, 6.07) is 43.5. The first-order chi connectivity index (χ1) is 31.3.